The van der Waals surface area contributed by atoms with Gasteiger partial charge in [0.2, 0.25) is 5.91 Å². The number of ether oxygens (including phenoxy) is 4. The van der Waals surface area contributed by atoms with E-state index >= 15 is 0 Å². The third-order valence-corrected chi connectivity index (χ3v) is 9.23. The van der Waals surface area contributed by atoms with E-state index in [-0.39, 0.29) is 12.0 Å². The Labute approximate surface area is 323 Å². The van der Waals surface area contributed by atoms with Crippen LogP contribution in [0.2, 0.25) is 0 Å². The number of rotatable bonds is 34. The molecule has 0 saturated carbocycles. The number of nitrogens with one attached hydrogen (secondary N) is 2. The molecule has 0 aliphatic carbocycles. The zero-order valence-corrected chi connectivity index (χ0v) is 34.6. The fraction of sp³-hybridized carbons (Fsp3) is 0.795. The van der Waals surface area contributed by atoms with E-state index in [4.69, 9.17) is 18.9 Å². The van der Waals surface area contributed by atoms with Gasteiger partial charge in [0, 0.05) is 25.6 Å². The molecule has 0 unspecified atom stereocenters. The summed E-state index contributed by atoms with van der Waals surface area (Å²) in [6.45, 7) is 10.5. The largest absolute Gasteiger partial charge is 0.493 e. The summed E-state index contributed by atoms with van der Waals surface area (Å²) in [7, 11) is 1.38. The molecular weight excluding hydrogens is 668 g/mol. The summed E-state index contributed by atoms with van der Waals surface area (Å²) in [5.74, 6) is 1.07. The van der Waals surface area contributed by atoms with Crippen molar-refractivity contribution in [2.24, 2.45) is 0 Å². The quantitative estimate of drug-likeness (QED) is 0.0533. The van der Waals surface area contributed by atoms with Gasteiger partial charge in [-0.3, -0.25) is 4.79 Å². The van der Waals surface area contributed by atoms with Crippen molar-refractivity contribution >= 4 is 18.0 Å². The zero-order chi connectivity index (χ0) is 38.8. The topological polar surface area (TPSA) is 112 Å². The third kappa shape index (κ3) is 30.1. The van der Waals surface area contributed by atoms with Gasteiger partial charge < -0.3 is 29.6 Å². The highest BCUT2D eigenvalue weighted by molar-refractivity contribution is 5.90. The molecule has 9 heteroatoms. The van der Waals surface area contributed by atoms with Gasteiger partial charge in [-0.2, -0.15) is 0 Å². The van der Waals surface area contributed by atoms with Crippen LogP contribution in [-0.4, -0.2) is 57.0 Å². The molecule has 2 amide bonds. The average molecular weight is 747 g/mol. The van der Waals surface area contributed by atoms with Crippen molar-refractivity contribution in [3.05, 3.63) is 23.8 Å². The second kappa shape index (κ2) is 32.5. The number of alkyl carbamates (subject to hydrolysis) is 1. The molecule has 0 radical (unpaired) electrons. The predicted molar refractivity (Wildman–Crippen MR) is 217 cm³/mol. The molecule has 1 aromatic rings. The minimum absolute atomic E-state index is 0.210. The van der Waals surface area contributed by atoms with Gasteiger partial charge in [0.25, 0.3) is 0 Å². The van der Waals surface area contributed by atoms with Crippen LogP contribution in [0.5, 0.6) is 11.5 Å². The molecule has 0 aromatic heterocycles. The third-order valence-electron chi connectivity index (χ3n) is 9.23. The lowest BCUT2D eigenvalue weighted by Crippen LogP contribution is -2.32. The standard InChI is InChI=1S/C44H78N2O7/c1-6-7-8-9-10-16-21-26-31-45-41(47)30-25-20-15-11-13-18-23-28-33-51-39-35-38(42(48)50-5)36-40(37-39)52-34-29-24-19-14-12-17-22-27-32-46-43(49)53-44(2,3)4/h35-37H,6-34H2,1-5H3,(H,45,47)(H,46,49). The molecule has 53 heavy (non-hydrogen) atoms. The average Bonchev–Trinajstić information content (AvgIpc) is 3.12. The molecular formula is C44H78N2O7. The lowest BCUT2D eigenvalue weighted by atomic mass is 10.1. The van der Waals surface area contributed by atoms with Gasteiger partial charge in [0.15, 0.2) is 0 Å². The van der Waals surface area contributed by atoms with E-state index in [1.807, 2.05) is 26.8 Å². The Hall–Kier alpha value is -2.97. The summed E-state index contributed by atoms with van der Waals surface area (Å²) >= 11 is 0. The Morgan fingerprint density at radius 2 is 0.962 bits per heavy atom. The van der Waals surface area contributed by atoms with Gasteiger partial charge in [-0.1, -0.05) is 129 Å². The minimum Gasteiger partial charge on any atom is -0.493 e. The number of esters is 1. The highest BCUT2D eigenvalue weighted by Gasteiger charge is 2.15. The van der Waals surface area contributed by atoms with E-state index in [2.05, 4.69) is 17.6 Å². The first-order chi connectivity index (χ1) is 25.6. The summed E-state index contributed by atoms with van der Waals surface area (Å²) in [6.07, 6.45) is 28.4. The van der Waals surface area contributed by atoms with Crippen LogP contribution in [0.1, 0.15) is 199 Å². The Kier molecular flexibility index (Phi) is 29.4. The van der Waals surface area contributed by atoms with E-state index in [0.717, 1.165) is 77.2 Å². The lowest BCUT2D eigenvalue weighted by Gasteiger charge is -2.19. The summed E-state index contributed by atoms with van der Waals surface area (Å²) in [5, 5.41) is 5.91. The van der Waals surface area contributed by atoms with Crippen LogP contribution in [-0.2, 0) is 14.3 Å². The van der Waals surface area contributed by atoms with Gasteiger partial charge in [0.1, 0.15) is 17.1 Å². The first kappa shape index (κ1) is 48.0. The zero-order valence-electron chi connectivity index (χ0n) is 34.6. The van der Waals surface area contributed by atoms with Crippen molar-refractivity contribution in [3.63, 3.8) is 0 Å². The fourth-order valence-corrected chi connectivity index (χ4v) is 6.17. The van der Waals surface area contributed by atoms with E-state index in [9.17, 15) is 14.4 Å². The summed E-state index contributed by atoms with van der Waals surface area (Å²) < 4.78 is 22.2. The summed E-state index contributed by atoms with van der Waals surface area (Å²) in [6, 6.07) is 5.31. The molecule has 1 rings (SSSR count). The van der Waals surface area contributed by atoms with Gasteiger partial charge in [-0.15, -0.1) is 0 Å². The molecule has 1 aromatic carbocycles. The Balaban J connectivity index is 2.08. The molecule has 9 nitrogen and oxygen atoms in total. The highest BCUT2D eigenvalue weighted by atomic mass is 16.6. The van der Waals surface area contributed by atoms with Gasteiger partial charge in [0.05, 0.1) is 25.9 Å². The summed E-state index contributed by atoms with van der Waals surface area (Å²) in [5.41, 5.74) is -0.0291. The monoisotopic (exact) mass is 747 g/mol. The van der Waals surface area contributed by atoms with Crippen LogP contribution in [0, 0.1) is 0 Å². The van der Waals surface area contributed by atoms with Crippen LogP contribution in [0.4, 0.5) is 4.79 Å². The molecule has 0 saturated heterocycles. The predicted octanol–water partition coefficient (Wildman–Crippen LogP) is 11.6. The van der Waals surface area contributed by atoms with Crippen molar-refractivity contribution in [2.75, 3.05) is 33.4 Å². The fourth-order valence-electron chi connectivity index (χ4n) is 6.17. The SMILES string of the molecule is CCCCCCCCCCNC(=O)CCCCCCCCCCOc1cc(OCCCCCCCCCCNC(=O)OC(C)(C)C)cc(C(=O)OC)c1. The number of hydrogen-bond donors (Lipinski definition) is 2. The van der Waals surface area contributed by atoms with Gasteiger partial charge in [-0.25, -0.2) is 9.59 Å². The molecule has 0 atom stereocenters. The molecule has 0 aliphatic rings. The molecule has 0 bridgehead atoms. The number of amides is 2. The maximum atomic E-state index is 12.3. The normalized spacial score (nSPS) is 11.3. The molecule has 0 fully saturated rings. The first-order valence-corrected chi connectivity index (χ1v) is 21.4. The first-order valence-electron chi connectivity index (χ1n) is 21.4. The van der Waals surface area contributed by atoms with Crippen LogP contribution >= 0.6 is 0 Å². The van der Waals surface area contributed by atoms with Crippen LogP contribution in [0.25, 0.3) is 0 Å². The van der Waals surface area contributed by atoms with Crippen LogP contribution in [0.15, 0.2) is 18.2 Å². The highest BCUT2D eigenvalue weighted by Crippen LogP contribution is 2.25. The van der Waals surface area contributed by atoms with Crippen LogP contribution in [0.3, 0.4) is 0 Å². The second-order valence-corrected chi connectivity index (χ2v) is 15.5. The molecule has 0 spiro atoms. The minimum atomic E-state index is -0.462. The van der Waals surface area contributed by atoms with E-state index in [1.165, 1.54) is 90.6 Å². The summed E-state index contributed by atoms with van der Waals surface area (Å²) in [4.78, 5) is 36.0. The molecule has 306 valence electrons. The van der Waals surface area contributed by atoms with Crippen molar-refractivity contribution in [2.45, 2.75) is 194 Å². The van der Waals surface area contributed by atoms with Gasteiger partial charge >= 0.3 is 12.1 Å². The lowest BCUT2D eigenvalue weighted by molar-refractivity contribution is -0.121. The number of benzene rings is 1. The molecule has 0 aliphatic heterocycles. The number of methoxy groups -OCH3 is 1. The van der Waals surface area contributed by atoms with E-state index in [0.29, 0.717) is 43.2 Å². The number of hydrogen-bond acceptors (Lipinski definition) is 7. The Bertz CT molecular complexity index is 1070. The van der Waals surface area contributed by atoms with Crippen molar-refractivity contribution in [1.29, 1.82) is 0 Å². The van der Waals surface area contributed by atoms with E-state index in [1.54, 1.807) is 12.1 Å². The smallest absolute Gasteiger partial charge is 0.407 e. The molecule has 0 heterocycles. The van der Waals surface area contributed by atoms with Gasteiger partial charge in [-0.05, 0) is 65.0 Å². The molecule has 2 N–H and O–H groups in total. The maximum absolute atomic E-state index is 12.3. The maximum Gasteiger partial charge on any atom is 0.407 e. The van der Waals surface area contributed by atoms with E-state index < -0.39 is 11.6 Å². The second-order valence-electron chi connectivity index (χ2n) is 15.5. The van der Waals surface area contributed by atoms with Crippen LogP contribution < -0.4 is 20.1 Å². The Morgan fingerprint density at radius 3 is 1.42 bits per heavy atom. The Morgan fingerprint density at radius 1 is 0.547 bits per heavy atom. The van der Waals surface area contributed by atoms with Crippen molar-refractivity contribution < 1.29 is 33.3 Å². The number of carbonyl (C=O) groups is 3. The number of unbranched alkanes of at least 4 members (excludes halogenated alkanes) is 21. The van der Waals surface area contributed by atoms with Crippen molar-refractivity contribution in [3.8, 4) is 11.5 Å². The number of carbonyl (C=O) groups excluding carboxylic acids is 3. The van der Waals surface area contributed by atoms with Crippen molar-refractivity contribution in [1.82, 2.24) is 10.6 Å².